The summed E-state index contributed by atoms with van der Waals surface area (Å²) in [5, 5.41) is 3.57. The van der Waals surface area contributed by atoms with Gasteiger partial charge in [0, 0.05) is 25.7 Å². The Morgan fingerprint density at radius 1 is 1.05 bits per heavy atom. The van der Waals surface area contributed by atoms with Gasteiger partial charge in [0.2, 0.25) is 0 Å². The van der Waals surface area contributed by atoms with E-state index >= 15 is 0 Å². The molecule has 2 unspecified atom stereocenters. The minimum absolute atomic E-state index is 0.349. The topological polar surface area (TPSA) is 24.5 Å². The van der Waals surface area contributed by atoms with Crippen LogP contribution < -0.4 is 5.32 Å². The molecule has 0 aromatic heterocycles. The molecule has 2 fully saturated rings. The zero-order valence-electron chi connectivity index (χ0n) is 13.3. The quantitative estimate of drug-likeness (QED) is 0.871. The lowest BCUT2D eigenvalue weighted by Gasteiger charge is -2.35. The molecule has 0 spiro atoms. The molecule has 0 amide bonds. The number of hydrogen-bond donors (Lipinski definition) is 1. The molecule has 1 saturated heterocycles. The molecule has 3 heteroatoms. The zero-order valence-corrected chi connectivity index (χ0v) is 13.3. The van der Waals surface area contributed by atoms with E-state index in [0.717, 1.165) is 38.6 Å². The van der Waals surface area contributed by atoms with Crippen molar-refractivity contribution in [2.75, 3.05) is 19.6 Å². The van der Waals surface area contributed by atoms with Crippen LogP contribution in [0.15, 0.2) is 24.3 Å². The monoisotopic (exact) mass is 288 g/mol. The van der Waals surface area contributed by atoms with Crippen molar-refractivity contribution in [2.45, 2.75) is 57.9 Å². The first kappa shape index (κ1) is 15.0. The van der Waals surface area contributed by atoms with Crippen molar-refractivity contribution in [1.29, 1.82) is 0 Å². The van der Waals surface area contributed by atoms with Gasteiger partial charge in [-0.3, -0.25) is 4.90 Å². The summed E-state index contributed by atoms with van der Waals surface area (Å²) >= 11 is 0. The zero-order chi connectivity index (χ0) is 14.7. The Hall–Kier alpha value is -0.900. The van der Waals surface area contributed by atoms with Crippen LogP contribution in [0.4, 0.5) is 0 Å². The van der Waals surface area contributed by atoms with Crippen LogP contribution in [0.2, 0.25) is 0 Å². The Morgan fingerprint density at radius 3 is 2.29 bits per heavy atom. The maximum Gasteiger partial charge on any atom is 0.0678 e. The number of nitrogens with zero attached hydrogens (tertiary/aromatic N) is 1. The van der Waals surface area contributed by atoms with Crippen LogP contribution in [0, 0.1) is 0 Å². The number of hydrogen-bond acceptors (Lipinski definition) is 3. The summed E-state index contributed by atoms with van der Waals surface area (Å²) in [5.41, 5.74) is 2.85. The first-order valence-electron chi connectivity index (χ1n) is 8.38. The van der Waals surface area contributed by atoms with Crippen molar-refractivity contribution in [3.8, 4) is 0 Å². The molecule has 3 rings (SSSR count). The maximum absolute atomic E-state index is 5.79. The van der Waals surface area contributed by atoms with Gasteiger partial charge in [-0.05, 0) is 50.8 Å². The van der Waals surface area contributed by atoms with Gasteiger partial charge >= 0.3 is 0 Å². The van der Waals surface area contributed by atoms with Gasteiger partial charge in [-0.1, -0.05) is 24.3 Å². The van der Waals surface area contributed by atoms with Crippen LogP contribution in [0.25, 0.3) is 0 Å². The number of nitrogens with one attached hydrogen (secondary N) is 1. The second-order valence-electron chi connectivity index (χ2n) is 6.75. The highest BCUT2D eigenvalue weighted by molar-refractivity contribution is 5.23. The van der Waals surface area contributed by atoms with Gasteiger partial charge in [-0.25, -0.2) is 0 Å². The average molecular weight is 288 g/mol. The highest BCUT2D eigenvalue weighted by Crippen LogP contribution is 2.18. The third-order valence-corrected chi connectivity index (χ3v) is 4.35. The first-order chi connectivity index (χ1) is 10.2. The maximum atomic E-state index is 5.79. The first-order valence-corrected chi connectivity index (χ1v) is 8.38. The summed E-state index contributed by atoms with van der Waals surface area (Å²) in [7, 11) is 0. The van der Waals surface area contributed by atoms with Crippen molar-refractivity contribution in [3.05, 3.63) is 35.4 Å². The molecular formula is C18H28N2O. The van der Waals surface area contributed by atoms with Crippen LogP contribution in [0.5, 0.6) is 0 Å². The predicted octanol–water partition coefficient (Wildman–Crippen LogP) is 2.59. The molecule has 21 heavy (non-hydrogen) atoms. The van der Waals surface area contributed by atoms with Crippen molar-refractivity contribution in [3.63, 3.8) is 0 Å². The molecule has 1 saturated carbocycles. The van der Waals surface area contributed by atoms with E-state index in [-0.39, 0.29) is 0 Å². The number of ether oxygens (including phenoxy) is 1. The highest BCUT2D eigenvalue weighted by atomic mass is 16.5. The predicted molar refractivity (Wildman–Crippen MR) is 86.5 cm³/mol. The Labute approximate surface area is 128 Å². The Kier molecular flexibility index (Phi) is 4.94. The number of morpholine rings is 1. The van der Waals surface area contributed by atoms with Gasteiger partial charge in [0.15, 0.2) is 0 Å². The van der Waals surface area contributed by atoms with E-state index < -0.39 is 0 Å². The average Bonchev–Trinajstić information content (AvgIpc) is 3.24. The standard InChI is InChI=1S/C18H28N2O/c1-14-11-20(12-15(2)21-14)13-17-5-3-16(4-6-17)9-10-19-18-7-8-18/h3-6,14-15,18-19H,7-13H2,1-2H3. The third kappa shape index (κ3) is 4.80. The molecule has 116 valence electrons. The molecule has 0 radical (unpaired) electrons. The molecule has 2 atom stereocenters. The third-order valence-electron chi connectivity index (χ3n) is 4.35. The van der Waals surface area contributed by atoms with Crippen LogP contribution in [-0.2, 0) is 17.7 Å². The summed E-state index contributed by atoms with van der Waals surface area (Å²) < 4.78 is 5.79. The molecule has 1 aliphatic carbocycles. The van der Waals surface area contributed by atoms with Crippen LogP contribution in [-0.4, -0.2) is 42.8 Å². The molecule has 1 aromatic rings. The second-order valence-corrected chi connectivity index (χ2v) is 6.75. The Morgan fingerprint density at radius 2 is 1.67 bits per heavy atom. The molecule has 2 aliphatic rings. The van der Waals surface area contributed by atoms with E-state index in [9.17, 15) is 0 Å². The van der Waals surface area contributed by atoms with Crippen molar-refractivity contribution in [2.24, 2.45) is 0 Å². The minimum atomic E-state index is 0.349. The number of benzene rings is 1. The molecule has 1 heterocycles. The van der Waals surface area contributed by atoms with Gasteiger partial charge in [-0.2, -0.15) is 0 Å². The fraction of sp³-hybridized carbons (Fsp3) is 0.667. The Balaban J connectivity index is 1.46. The van der Waals surface area contributed by atoms with Gasteiger partial charge in [0.1, 0.15) is 0 Å². The highest BCUT2D eigenvalue weighted by Gasteiger charge is 2.22. The fourth-order valence-corrected chi connectivity index (χ4v) is 3.19. The lowest BCUT2D eigenvalue weighted by atomic mass is 10.1. The van der Waals surface area contributed by atoms with Crippen molar-refractivity contribution >= 4 is 0 Å². The molecule has 1 aliphatic heterocycles. The summed E-state index contributed by atoms with van der Waals surface area (Å²) in [6, 6.07) is 9.97. The van der Waals surface area contributed by atoms with E-state index in [1.165, 1.54) is 24.0 Å². The SMILES string of the molecule is CC1CN(Cc2ccc(CCNC3CC3)cc2)CC(C)O1. The summed E-state index contributed by atoms with van der Waals surface area (Å²) in [6.07, 6.45) is 4.58. The molecular weight excluding hydrogens is 260 g/mol. The smallest absolute Gasteiger partial charge is 0.0678 e. The number of rotatable bonds is 6. The second kappa shape index (κ2) is 6.91. The summed E-state index contributed by atoms with van der Waals surface area (Å²) in [6.45, 7) is 8.56. The molecule has 1 aromatic carbocycles. The van der Waals surface area contributed by atoms with Crippen LogP contribution in [0.3, 0.4) is 0 Å². The van der Waals surface area contributed by atoms with Gasteiger partial charge in [-0.15, -0.1) is 0 Å². The fourth-order valence-electron chi connectivity index (χ4n) is 3.19. The summed E-state index contributed by atoms with van der Waals surface area (Å²) in [4.78, 5) is 2.50. The van der Waals surface area contributed by atoms with E-state index in [4.69, 9.17) is 4.74 Å². The Bertz CT molecular complexity index is 431. The van der Waals surface area contributed by atoms with E-state index in [0.29, 0.717) is 12.2 Å². The van der Waals surface area contributed by atoms with Crippen LogP contribution >= 0.6 is 0 Å². The van der Waals surface area contributed by atoms with Crippen molar-refractivity contribution in [1.82, 2.24) is 10.2 Å². The van der Waals surface area contributed by atoms with Crippen molar-refractivity contribution < 1.29 is 4.74 Å². The van der Waals surface area contributed by atoms with Gasteiger partial charge in [0.25, 0.3) is 0 Å². The largest absolute Gasteiger partial charge is 0.373 e. The van der Waals surface area contributed by atoms with E-state index in [1.54, 1.807) is 0 Å². The normalized spacial score (nSPS) is 27.0. The molecule has 1 N–H and O–H groups in total. The molecule has 3 nitrogen and oxygen atoms in total. The van der Waals surface area contributed by atoms with E-state index in [1.807, 2.05) is 0 Å². The van der Waals surface area contributed by atoms with Gasteiger partial charge in [0.05, 0.1) is 12.2 Å². The van der Waals surface area contributed by atoms with E-state index in [2.05, 4.69) is 48.3 Å². The lowest BCUT2D eigenvalue weighted by Crippen LogP contribution is -2.44. The minimum Gasteiger partial charge on any atom is -0.373 e. The van der Waals surface area contributed by atoms with Crippen LogP contribution in [0.1, 0.15) is 37.8 Å². The van der Waals surface area contributed by atoms with Gasteiger partial charge < -0.3 is 10.1 Å². The molecule has 0 bridgehead atoms. The summed E-state index contributed by atoms with van der Waals surface area (Å²) in [5.74, 6) is 0. The lowest BCUT2D eigenvalue weighted by molar-refractivity contribution is -0.0704.